The van der Waals surface area contributed by atoms with Gasteiger partial charge in [-0.2, -0.15) is 0 Å². The van der Waals surface area contributed by atoms with Crippen LogP contribution in [0.25, 0.3) is 11.3 Å². The van der Waals surface area contributed by atoms with Crippen molar-refractivity contribution in [2.45, 2.75) is 26.3 Å². The molecule has 2 aromatic rings. The fourth-order valence-electron chi connectivity index (χ4n) is 1.92. The summed E-state index contributed by atoms with van der Waals surface area (Å²) in [5, 5.41) is 14.2. The van der Waals surface area contributed by atoms with Crippen molar-refractivity contribution in [1.82, 2.24) is 10.3 Å². The maximum atomic E-state index is 13.1. The maximum absolute atomic E-state index is 13.1. The van der Waals surface area contributed by atoms with Gasteiger partial charge in [-0.15, -0.1) is 0 Å². The summed E-state index contributed by atoms with van der Waals surface area (Å²) in [6.07, 6.45) is 2.39. The Morgan fingerprint density at radius 3 is 2.95 bits per heavy atom. The normalized spacial score (nSPS) is 12.3. The van der Waals surface area contributed by atoms with Gasteiger partial charge in [0.15, 0.2) is 5.76 Å². The Hall–Kier alpha value is -2.28. The first-order valence-electron chi connectivity index (χ1n) is 6.66. The highest BCUT2D eigenvalue weighted by Gasteiger charge is 2.21. The molecule has 7 heteroatoms. The lowest BCUT2D eigenvalue weighted by atomic mass is 10.1. The Labute approximate surface area is 121 Å². The largest absolute Gasteiger partial charge is 0.439 e. The van der Waals surface area contributed by atoms with Gasteiger partial charge in [0.1, 0.15) is 5.82 Å². The molecule has 0 saturated carbocycles. The molecule has 6 nitrogen and oxygen atoms in total. The van der Waals surface area contributed by atoms with E-state index in [4.69, 9.17) is 4.42 Å². The molecule has 1 aromatic carbocycles. The average Bonchev–Trinajstić information content (AvgIpc) is 2.94. The minimum Gasteiger partial charge on any atom is -0.439 e. The second-order valence-corrected chi connectivity index (χ2v) is 4.66. The summed E-state index contributed by atoms with van der Waals surface area (Å²) in [4.78, 5) is 14.5. The van der Waals surface area contributed by atoms with Crippen LogP contribution in [-0.4, -0.2) is 16.5 Å². The van der Waals surface area contributed by atoms with Crippen LogP contribution in [0, 0.1) is 15.9 Å². The predicted octanol–water partition coefficient (Wildman–Crippen LogP) is 3.45. The van der Waals surface area contributed by atoms with Crippen LogP contribution in [-0.2, 0) is 0 Å². The molecule has 0 aliphatic heterocycles. The molecule has 1 aromatic heterocycles. The molecule has 0 aliphatic rings. The quantitative estimate of drug-likeness (QED) is 0.651. The van der Waals surface area contributed by atoms with E-state index in [-0.39, 0.29) is 23.1 Å². The summed E-state index contributed by atoms with van der Waals surface area (Å²) in [5.74, 6) is 0.0297. The molecule has 1 atom stereocenters. The van der Waals surface area contributed by atoms with E-state index in [1.165, 1.54) is 12.3 Å². The van der Waals surface area contributed by atoms with E-state index >= 15 is 0 Å². The summed E-state index contributed by atoms with van der Waals surface area (Å²) in [6, 6.07) is 3.25. The molecular weight excluding hydrogens is 277 g/mol. The summed E-state index contributed by atoms with van der Waals surface area (Å²) in [6.45, 7) is 4.75. The number of hydrogen-bond acceptors (Lipinski definition) is 5. The van der Waals surface area contributed by atoms with E-state index in [2.05, 4.69) is 10.3 Å². The van der Waals surface area contributed by atoms with Crippen LogP contribution in [0.3, 0.4) is 0 Å². The highest BCUT2D eigenvalue weighted by Crippen LogP contribution is 2.31. The third-order valence-corrected chi connectivity index (χ3v) is 3.02. The zero-order chi connectivity index (χ0) is 15.4. The van der Waals surface area contributed by atoms with Crippen molar-refractivity contribution in [2.75, 3.05) is 6.54 Å². The number of nitrogens with zero attached hydrogens (tertiary/aromatic N) is 2. The first kappa shape index (κ1) is 15.1. The van der Waals surface area contributed by atoms with E-state index in [0.29, 0.717) is 5.89 Å². The van der Waals surface area contributed by atoms with Crippen LogP contribution >= 0.6 is 0 Å². The van der Waals surface area contributed by atoms with Crippen molar-refractivity contribution in [1.29, 1.82) is 0 Å². The monoisotopic (exact) mass is 293 g/mol. The van der Waals surface area contributed by atoms with Gasteiger partial charge >= 0.3 is 0 Å². The lowest BCUT2D eigenvalue weighted by Gasteiger charge is -2.08. The second kappa shape index (κ2) is 6.45. The first-order chi connectivity index (χ1) is 10.0. The molecule has 0 fully saturated rings. The summed E-state index contributed by atoms with van der Waals surface area (Å²) < 4.78 is 18.7. The van der Waals surface area contributed by atoms with E-state index in [1.54, 1.807) is 0 Å². The van der Waals surface area contributed by atoms with Gasteiger partial charge in [-0.25, -0.2) is 9.37 Å². The fourth-order valence-corrected chi connectivity index (χ4v) is 1.92. The summed E-state index contributed by atoms with van der Waals surface area (Å²) in [5.41, 5.74) is -0.130. The van der Waals surface area contributed by atoms with Crippen molar-refractivity contribution in [2.24, 2.45) is 0 Å². The topological polar surface area (TPSA) is 81.2 Å². The van der Waals surface area contributed by atoms with Crippen LogP contribution in [0.1, 0.15) is 32.2 Å². The van der Waals surface area contributed by atoms with E-state index < -0.39 is 10.7 Å². The molecule has 0 saturated heterocycles. The van der Waals surface area contributed by atoms with Crippen molar-refractivity contribution >= 4 is 5.69 Å². The Morgan fingerprint density at radius 2 is 2.29 bits per heavy atom. The minimum absolute atomic E-state index is 0.0989. The Bertz CT molecular complexity index is 642. The van der Waals surface area contributed by atoms with Gasteiger partial charge in [-0.1, -0.05) is 6.92 Å². The van der Waals surface area contributed by atoms with E-state index in [0.717, 1.165) is 25.1 Å². The molecule has 2 rings (SSSR count). The molecule has 0 bridgehead atoms. The van der Waals surface area contributed by atoms with Crippen LogP contribution in [0.15, 0.2) is 28.8 Å². The third kappa shape index (κ3) is 3.43. The zero-order valence-corrected chi connectivity index (χ0v) is 11.8. The van der Waals surface area contributed by atoms with Gasteiger partial charge in [0, 0.05) is 0 Å². The second-order valence-electron chi connectivity index (χ2n) is 4.66. The highest BCUT2D eigenvalue weighted by molar-refractivity contribution is 5.68. The van der Waals surface area contributed by atoms with Crippen molar-refractivity contribution in [3.05, 3.63) is 46.2 Å². The molecule has 21 heavy (non-hydrogen) atoms. The molecule has 1 heterocycles. The number of oxazole rings is 1. The summed E-state index contributed by atoms with van der Waals surface area (Å²) >= 11 is 0. The number of halogens is 1. The molecule has 1 N–H and O–H groups in total. The number of benzene rings is 1. The standard InChI is InChI=1S/C14H16FN3O3/c1-3-6-16-9(2)14-17-8-13(21-14)11-5-4-10(15)7-12(11)18(19)20/h4-5,7-9,16H,3,6H2,1-2H3. The molecular formula is C14H16FN3O3. The average molecular weight is 293 g/mol. The molecule has 0 amide bonds. The molecule has 0 aliphatic carbocycles. The van der Waals surface area contributed by atoms with Crippen LogP contribution in [0.2, 0.25) is 0 Å². The number of hydrogen-bond donors (Lipinski definition) is 1. The number of rotatable bonds is 6. The number of nitro groups is 1. The van der Waals surface area contributed by atoms with Gasteiger partial charge in [-0.05, 0) is 32.0 Å². The Balaban J connectivity index is 2.31. The Kier molecular flexibility index (Phi) is 4.64. The maximum Gasteiger partial charge on any atom is 0.283 e. The van der Waals surface area contributed by atoms with Gasteiger partial charge in [0.05, 0.1) is 28.8 Å². The first-order valence-corrected chi connectivity index (χ1v) is 6.66. The van der Waals surface area contributed by atoms with Crippen molar-refractivity contribution in [3.8, 4) is 11.3 Å². The minimum atomic E-state index is -0.664. The van der Waals surface area contributed by atoms with E-state index in [1.807, 2.05) is 13.8 Å². The van der Waals surface area contributed by atoms with Gasteiger partial charge in [0.25, 0.3) is 5.69 Å². The smallest absolute Gasteiger partial charge is 0.283 e. The van der Waals surface area contributed by atoms with Crippen molar-refractivity contribution < 1.29 is 13.7 Å². The lowest BCUT2D eigenvalue weighted by molar-refractivity contribution is -0.384. The lowest BCUT2D eigenvalue weighted by Crippen LogP contribution is -2.19. The number of nitro benzene ring substituents is 1. The summed E-state index contributed by atoms with van der Waals surface area (Å²) in [7, 11) is 0. The zero-order valence-electron chi connectivity index (χ0n) is 11.8. The molecule has 112 valence electrons. The van der Waals surface area contributed by atoms with Gasteiger partial charge in [0.2, 0.25) is 5.89 Å². The highest BCUT2D eigenvalue weighted by atomic mass is 19.1. The third-order valence-electron chi connectivity index (χ3n) is 3.02. The van der Waals surface area contributed by atoms with Crippen LogP contribution in [0.4, 0.5) is 10.1 Å². The van der Waals surface area contributed by atoms with Crippen LogP contribution in [0.5, 0.6) is 0 Å². The van der Waals surface area contributed by atoms with Crippen molar-refractivity contribution in [3.63, 3.8) is 0 Å². The van der Waals surface area contributed by atoms with Gasteiger partial charge in [-0.3, -0.25) is 10.1 Å². The van der Waals surface area contributed by atoms with Crippen LogP contribution < -0.4 is 5.32 Å². The Morgan fingerprint density at radius 1 is 1.52 bits per heavy atom. The van der Waals surface area contributed by atoms with E-state index in [9.17, 15) is 14.5 Å². The predicted molar refractivity (Wildman–Crippen MR) is 75.3 cm³/mol. The number of aromatic nitrogens is 1. The SMILES string of the molecule is CCCNC(C)c1ncc(-c2ccc(F)cc2[N+](=O)[O-])o1. The number of nitrogens with one attached hydrogen (secondary N) is 1. The molecule has 1 unspecified atom stereocenters. The van der Waals surface area contributed by atoms with Gasteiger partial charge < -0.3 is 9.73 Å². The molecule has 0 radical (unpaired) electrons. The molecule has 0 spiro atoms. The fraction of sp³-hybridized carbons (Fsp3) is 0.357.